The third-order valence-electron chi connectivity index (χ3n) is 6.51. The number of hydrogen-bond acceptors (Lipinski definition) is 3. The molecule has 5 nitrogen and oxygen atoms in total. The molecule has 3 rings (SSSR count). The number of carbonyl (C=O) groups is 2. The minimum atomic E-state index is -0.612. The Morgan fingerprint density at radius 3 is 2.43 bits per heavy atom. The maximum atomic E-state index is 13.4. The van der Waals surface area contributed by atoms with Crippen LogP contribution in [0, 0.1) is 0 Å². The van der Waals surface area contributed by atoms with E-state index >= 15 is 0 Å². The molecule has 2 aromatic rings. The van der Waals surface area contributed by atoms with E-state index in [4.69, 9.17) is 4.74 Å². The van der Waals surface area contributed by atoms with Gasteiger partial charge in [0, 0.05) is 17.1 Å². The zero-order valence-corrected chi connectivity index (χ0v) is 24.2. The number of halogens is 2. The Balaban J connectivity index is 1.73. The van der Waals surface area contributed by atoms with E-state index in [1.165, 1.54) is 12.0 Å². The van der Waals surface area contributed by atoms with Crippen molar-refractivity contribution >= 4 is 43.7 Å². The lowest BCUT2D eigenvalue weighted by atomic mass is 9.87. The summed E-state index contributed by atoms with van der Waals surface area (Å²) in [7, 11) is 0. The fourth-order valence-electron chi connectivity index (χ4n) is 4.29. The molecular weight excluding hydrogens is 572 g/mol. The molecule has 0 aromatic heterocycles. The largest absolute Gasteiger partial charge is 0.483 e. The van der Waals surface area contributed by atoms with Crippen molar-refractivity contribution in [3.63, 3.8) is 0 Å². The lowest BCUT2D eigenvalue weighted by molar-refractivity contribution is -0.142. The van der Waals surface area contributed by atoms with Gasteiger partial charge in [0.05, 0.1) is 4.47 Å². The van der Waals surface area contributed by atoms with Crippen molar-refractivity contribution in [1.29, 1.82) is 0 Å². The number of hydrogen-bond donors (Lipinski definition) is 1. The van der Waals surface area contributed by atoms with Gasteiger partial charge >= 0.3 is 0 Å². The quantitative estimate of drug-likeness (QED) is 0.361. The number of amides is 2. The monoisotopic (exact) mass is 606 g/mol. The highest BCUT2D eigenvalue weighted by Crippen LogP contribution is 2.31. The van der Waals surface area contributed by atoms with Gasteiger partial charge in [-0.1, -0.05) is 74.2 Å². The van der Waals surface area contributed by atoms with Crippen molar-refractivity contribution in [2.45, 2.75) is 83.8 Å². The van der Waals surface area contributed by atoms with Crippen molar-refractivity contribution in [2.75, 3.05) is 6.61 Å². The zero-order valence-electron chi connectivity index (χ0n) is 21.1. The molecule has 190 valence electrons. The first kappa shape index (κ1) is 27.7. The van der Waals surface area contributed by atoms with Crippen molar-refractivity contribution in [3.8, 4) is 5.75 Å². The second kappa shape index (κ2) is 12.4. The number of rotatable bonds is 8. The van der Waals surface area contributed by atoms with Crippen molar-refractivity contribution in [3.05, 3.63) is 62.5 Å². The van der Waals surface area contributed by atoms with Gasteiger partial charge in [-0.25, -0.2) is 0 Å². The number of carbonyl (C=O) groups excluding carboxylic acids is 2. The first-order valence-corrected chi connectivity index (χ1v) is 13.9. The van der Waals surface area contributed by atoms with Gasteiger partial charge in [0.2, 0.25) is 5.91 Å². The molecule has 0 bridgehead atoms. The Kier molecular flexibility index (Phi) is 9.82. The van der Waals surface area contributed by atoms with Gasteiger partial charge in [-0.3, -0.25) is 9.59 Å². The van der Waals surface area contributed by atoms with E-state index in [9.17, 15) is 9.59 Å². The van der Waals surface area contributed by atoms with Gasteiger partial charge in [-0.15, -0.1) is 0 Å². The first-order chi connectivity index (χ1) is 16.5. The highest BCUT2D eigenvalue weighted by atomic mass is 79.9. The van der Waals surface area contributed by atoms with Crippen LogP contribution in [-0.2, 0) is 21.5 Å². The molecule has 1 aliphatic rings. The molecule has 0 spiro atoms. The molecule has 1 aliphatic carbocycles. The Bertz CT molecular complexity index is 1030. The number of ether oxygens (including phenoxy) is 1. The molecule has 7 heteroatoms. The molecule has 1 fully saturated rings. The van der Waals surface area contributed by atoms with Crippen LogP contribution >= 0.6 is 31.9 Å². The Hall–Kier alpha value is -1.86. The average Bonchev–Trinajstić information content (AvgIpc) is 2.81. The summed E-state index contributed by atoms with van der Waals surface area (Å²) in [5.74, 6) is 0.257. The van der Waals surface area contributed by atoms with Crippen molar-refractivity contribution < 1.29 is 14.3 Å². The number of nitrogens with one attached hydrogen (secondary N) is 1. The number of benzene rings is 2. The van der Waals surface area contributed by atoms with Crippen LogP contribution in [0.2, 0.25) is 0 Å². The maximum absolute atomic E-state index is 13.4. The Morgan fingerprint density at radius 2 is 1.80 bits per heavy atom. The normalized spacial score (nSPS) is 15.4. The lowest BCUT2D eigenvalue weighted by Crippen LogP contribution is -2.51. The minimum absolute atomic E-state index is 0.0127. The zero-order chi connectivity index (χ0) is 25.6. The van der Waals surface area contributed by atoms with E-state index < -0.39 is 6.04 Å². The number of nitrogens with zero attached hydrogens (tertiary/aromatic N) is 1. The lowest BCUT2D eigenvalue weighted by Gasteiger charge is -2.31. The first-order valence-electron chi connectivity index (χ1n) is 12.3. The third-order valence-corrected chi connectivity index (χ3v) is 7.62. The van der Waals surface area contributed by atoms with Gasteiger partial charge in [-0.05, 0) is 76.5 Å². The van der Waals surface area contributed by atoms with E-state index in [1.807, 2.05) is 42.5 Å². The summed E-state index contributed by atoms with van der Waals surface area (Å²) in [6, 6.07) is 13.3. The van der Waals surface area contributed by atoms with E-state index in [0.29, 0.717) is 12.3 Å². The summed E-state index contributed by atoms with van der Waals surface area (Å²) in [6.07, 6.45) is 5.49. The second-order valence-corrected chi connectivity index (χ2v) is 12.1. The molecule has 0 unspecified atom stereocenters. The van der Waals surface area contributed by atoms with Crippen molar-refractivity contribution in [1.82, 2.24) is 10.2 Å². The van der Waals surface area contributed by atoms with Gasteiger partial charge in [0.25, 0.3) is 5.91 Å². The van der Waals surface area contributed by atoms with Crippen LogP contribution in [-0.4, -0.2) is 35.4 Å². The smallest absolute Gasteiger partial charge is 0.261 e. The molecule has 2 amide bonds. The summed E-state index contributed by atoms with van der Waals surface area (Å²) >= 11 is 7.07. The molecule has 0 heterocycles. The maximum Gasteiger partial charge on any atom is 0.261 e. The van der Waals surface area contributed by atoms with Crippen LogP contribution in [0.1, 0.15) is 70.9 Å². The van der Waals surface area contributed by atoms with Gasteiger partial charge in [0.1, 0.15) is 11.8 Å². The van der Waals surface area contributed by atoms with E-state index in [2.05, 4.69) is 57.9 Å². The van der Waals surface area contributed by atoms with Crippen LogP contribution in [0.5, 0.6) is 5.75 Å². The topological polar surface area (TPSA) is 58.6 Å². The fourth-order valence-corrected chi connectivity index (χ4v) is 5.23. The van der Waals surface area contributed by atoms with Gasteiger partial charge in [-0.2, -0.15) is 0 Å². The molecule has 1 saturated carbocycles. The fraction of sp³-hybridized carbons (Fsp3) is 0.500. The van der Waals surface area contributed by atoms with E-state index in [-0.39, 0.29) is 29.9 Å². The van der Waals surface area contributed by atoms with Crippen LogP contribution in [0.3, 0.4) is 0 Å². The molecule has 2 aromatic carbocycles. The minimum Gasteiger partial charge on any atom is -0.483 e. The Labute approximate surface area is 226 Å². The summed E-state index contributed by atoms with van der Waals surface area (Å²) < 4.78 is 7.65. The highest BCUT2D eigenvalue weighted by Gasteiger charge is 2.28. The van der Waals surface area contributed by atoms with Crippen molar-refractivity contribution in [2.24, 2.45) is 0 Å². The van der Waals surface area contributed by atoms with Crippen LogP contribution in [0.25, 0.3) is 0 Å². The highest BCUT2D eigenvalue weighted by molar-refractivity contribution is 9.10. The van der Waals surface area contributed by atoms with Crippen LogP contribution in [0.15, 0.2) is 51.4 Å². The summed E-state index contributed by atoms with van der Waals surface area (Å²) in [6.45, 7) is 8.42. The average molecular weight is 608 g/mol. The molecule has 0 saturated heterocycles. The predicted molar refractivity (Wildman–Crippen MR) is 148 cm³/mol. The summed E-state index contributed by atoms with van der Waals surface area (Å²) in [5, 5.41) is 3.16. The van der Waals surface area contributed by atoms with Gasteiger partial charge in [0.15, 0.2) is 6.61 Å². The Morgan fingerprint density at radius 1 is 1.09 bits per heavy atom. The van der Waals surface area contributed by atoms with Crippen LogP contribution in [0.4, 0.5) is 0 Å². The molecule has 1 atom stereocenters. The standard InChI is InChI=1S/C28H36Br2N2O3/c1-19(27(34)31-23-11-6-5-7-12-23)32(17-20-9-8-10-22(29)15-20)26(33)18-35-25-14-13-21(16-24(25)30)28(2,3)4/h8-10,13-16,19,23H,5-7,11-12,17-18H2,1-4H3,(H,31,34)/t19-/m0/s1. The van der Waals surface area contributed by atoms with Gasteiger partial charge < -0.3 is 15.0 Å². The van der Waals surface area contributed by atoms with Crippen LogP contribution < -0.4 is 10.1 Å². The summed E-state index contributed by atoms with van der Waals surface area (Å²) in [5.41, 5.74) is 2.13. The second-order valence-electron chi connectivity index (χ2n) is 10.4. The molecule has 35 heavy (non-hydrogen) atoms. The molecular formula is C28H36Br2N2O3. The summed E-state index contributed by atoms with van der Waals surface area (Å²) in [4.78, 5) is 28.1. The predicted octanol–water partition coefficient (Wildman–Crippen LogP) is 6.75. The third kappa shape index (κ3) is 8.07. The van der Waals surface area contributed by atoms with E-state index in [1.54, 1.807) is 11.8 Å². The SMILES string of the molecule is C[C@@H](C(=O)NC1CCCCC1)N(Cc1cccc(Br)c1)C(=O)COc1ccc(C(C)(C)C)cc1Br. The van der Waals surface area contributed by atoms with E-state index in [0.717, 1.165) is 40.2 Å². The molecule has 0 radical (unpaired) electrons. The molecule has 0 aliphatic heterocycles. The molecule has 1 N–H and O–H groups in total.